The summed E-state index contributed by atoms with van der Waals surface area (Å²) in [4.78, 5) is 0. The monoisotopic (exact) mass is 204 g/mol. The van der Waals surface area contributed by atoms with Crippen molar-refractivity contribution in [2.75, 3.05) is 0 Å². The Hall–Kier alpha value is -0.950. The van der Waals surface area contributed by atoms with E-state index < -0.39 is 10.4 Å². The van der Waals surface area contributed by atoms with Crippen LogP contribution in [-0.2, 0) is 25.5 Å². The van der Waals surface area contributed by atoms with Crippen molar-refractivity contribution in [1.29, 1.82) is 0 Å². The van der Waals surface area contributed by atoms with Gasteiger partial charge in [-0.2, -0.15) is 8.42 Å². The quantitative estimate of drug-likeness (QED) is 0.583. The Morgan fingerprint density at radius 2 is 1.85 bits per heavy atom. The van der Waals surface area contributed by atoms with Crippen LogP contribution in [0.5, 0.6) is 0 Å². The summed E-state index contributed by atoms with van der Waals surface area (Å²) in [5.41, 5.74) is 0.670. The molecular weight excluding hydrogens is 196 g/mol. The Morgan fingerprint density at radius 1 is 1.23 bits per heavy atom. The molecule has 72 valence electrons. The van der Waals surface area contributed by atoms with Crippen molar-refractivity contribution in [1.82, 2.24) is 0 Å². The highest BCUT2D eigenvalue weighted by atomic mass is 32.3. The third-order valence-corrected chi connectivity index (χ3v) is 1.89. The molecule has 0 heterocycles. The van der Waals surface area contributed by atoms with Crippen molar-refractivity contribution < 1.29 is 22.2 Å². The van der Waals surface area contributed by atoms with Crippen LogP contribution in [0.4, 0.5) is 0 Å². The van der Waals surface area contributed by atoms with Gasteiger partial charge in [0.05, 0.1) is 6.61 Å². The molecule has 5 nitrogen and oxygen atoms in total. The van der Waals surface area contributed by atoms with E-state index in [9.17, 15) is 8.42 Å². The topological polar surface area (TPSA) is 72.8 Å². The molecule has 13 heavy (non-hydrogen) atoms. The molecular formula is C7H8O5S. The summed E-state index contributed by atoms with van der Waals surface area (Å²) >= 11 is 0. The molecule has 0 spiro atoms. The summed E-state index contributed by atoms with van der Waals surface area (Å²) in [5.74, 6) is 0. The summed E-state index contributed by atoms with van der Waals surface area (Å²) in [5, 5.41) is 7.86. The van der Waals surface area contributed by atoms with E-state index >= 15 is 0 Å². The van der Waals surface area contributed by atoms with Gasteiger partial charge < -0.3 is 0 Å². The maximum absolute atomic E-state index is 10.5. The lowest BCUT2D eigenvalue weighted by atomic mass is 10.2. The predicted octanol–water partition coefficient (Wildman–Crippen LogP) is 0.938. The van der Waals surface area contributed by atoms with E-state index in [1.54, 1.807) is 30.3 Å². The minimum Gasteiger partial charge on any atom is -0.242 e. The first-order valence-electron chi connectivity index (χ1n) is 3.40. The fourth-order valence-electron chi connectivity index (χ4n) is 0.736. The lowest BCUT2D eigenvalue weighted by molar-refractivity contribution is -0.143. The fraction of sp³-hybridized carbons (Fsp3) is 0.143. The maximum Gasteiger partial charge on any atom is 0.426 e. The highest BCUT2D eigenvalue weighted by molar-refractivity contribution is 7.81. The molecule has 1 rings (SSSR count). The van der Waals surface area contributed by atoms with Crippen LogP contribution in [0.15, 0.2) is 30.3 Å². The number of hydrogen-bond donors (Lipinski definition) is 1. The van der Waals surface area contributed by atoms with Crippen molar-refractivity contribution in [3.8, 4) is 0 Å². The molecule has 1 N–H and O–H groups in total. The first kappa shape index (κ1) is 10.1. The third-order valence-electron chi connectivity index (χ3n) is 1.30. The van der Waals surface area contributed by atoms with Crippen molar-refractivity contribution in [3.05, 3.63) is 35.9 Å². The van der Waals surface area contributed by atoms with Crippen LogP contribution in [0.3, 0.4) is 0 Å². The zero-order valence-corrected chi connectivity index (χ0v) is 7.40. The van der Waals surface area contributed by atoms with E-state index in [4.69, 9.17) is 5.26 Å². The molecule has 0 fully saturated rings. The van der Waals surface area contributed by atoms with Gasteiger partial charge in [0.2, 0.25) is 0 Å². The zero-order valence-electron chi connectivity index (χ0n) is 6.58. The molecule has 0 unspecified atom stereocenters. The zero-order chi connectivity index (χ0) is 9.73. The second-order valence-corrected chi connectivity index (χ2v) is 3.43. The maximum atomic E-state index is 10.5. The Bertz CT molecular complexity index is 344. The molecule has 1 aromatic carbocycles. The SMILES string of the molecule is O=S(=O)(OO)OCc1ccccc1. The van der Waals surface area contributed by atoms with E-state index in [1.807, 2.05) is 0 Å². The summed E-state index contributed by atoms with van der Waals surface area (Å²) in [6.45, 7) is -0.163. The third kappa shape index (κ3) is 3.51. The highest BCUT2D eigenvalue weighted by Crippen LogP contribution is 2.03. The normalized spacial score (nSPS) is 11.5. The summed E-state index contributed by atoms with van der Waals surface area (Å²) in [7, 11) is -4.26. The van der Waals surface area contributed by atoms with Crippen LogP contribution >= 0.6 is 0 Å². The Balaban J connectivity index is 2.54. The van der Waals surface area contributed by atoms with Crippen molar-refractivity contribution in [2.24, 2.45) is 0 Å². The Kier molecular flexibility index (Phi) is 3.38. The predicted molar refractivity (Wildman–Crippen MR) is 43.9 cm³/mol. The van der Waals surface area contributed by atoms with E-state index in [1.165, 1.54) is 0 Å². The first-order valence-corrected chi connectivity index (χ1v) is 4.74. The lowest BCUT2D eigenvalue weighted by Gasteiger charge is -2.00. The second-order valence-electron chi connectivity index (χ2n) is 2.23. The Labute approximate surface area is 75.8 Å². The number of benzene rings is 1. The summed E-state index contributed by atoms with van der Waals surface area (Å²) < 4.78 is 28.3. The molecule has 0 saturated carbocycles. The summed E-state index contributed by atoms with van der Waals surface area (Å²) in [6.07, 6.45) is 0. The molecule has 0 bridgehead atoms. The molecule has 0 aromatic heterocycles. The lowest BCUT2D eigenvalue weighted by Crippen LogP contribution is -2.07. The van der Waals surface area contributed by atoms with Gasteiger partial charge in [0.1, 0.15) is 0 Å². The van der Waals surface area contributed by atoms with Crippen molar-refractivity contribution in [2.45, 2.75) is 6.61 Å². The van der Waals surface area contributed by atoms with Crippen LogP contribution in [-0.4, -0.2) is 13.7 Å². The van der Waals surface area contributed by atoms with Gasteiger partial charge in [-0.3, -0.25) is 0 Å². The molecule has 1 aromatic rings. The van der Waals surface area contributed by atoms with Gasteiger partial charge in [0, 0.05) is 0 Å². The van der Waals surface area contributed by atoms with E-state index in [0.717, 1.165) is 0 Å². The van der Waals surface area contributed by atoms with E-state index in [-0.39, 0.29) is 6.61 Å². The molecule has 0 saturated heterocycles. The smallest absolute Gasteiger partial charge is 0.242 e. The van der Waals surface area contributed by atoms with Gasteiger partial charge in [-0.25, -0.2) is 9.44 Å². The molecule has 0 aliphatic rings. The van der Waals surface area contributed by atoms with Crippen LogP contribution < -0.4 is 0 Å². The largest absolute Gasteiger partial charge is 0.426 e. The van der Waals surface area contributed by atoms with Crippen LogP contribution in [0.1, 0.15) is 5.56 Å². The van der Waals surface area contributed by atoms with Gasteiger partial charge in [-0.1, -0.05) is 34.7 Å². The van der Waals surface area contributed by atoms with Crippen molar-refractivity contribution in [3.63, 3.8) is 0 Å². The van der Waals surface area contributed by atoms with E-state index in [2.05, 4.69) is 8.52 Å². The number of rotatable bonds is 4. The van der Waals surface area contributed by atoms with Gasteiger partial charge in [-0.05, 0) is 5.56 Å². The van der Waals surface area contributed by atoms with Crippen LogP contribution in [0.2, 0.25) is 0 Å². The minimum absolute atomic E-state index is 0.163. The van der Waals surface area contributed by atoms with Crippen LogP contribution in [0, 0.1) is 0 Å². The molecule has 0 aliphatic carbocycles. The number of hydrogen-bond acceptors (Lipinski definition) is 5. The standard InChI is InChI=1S/C7H8O5S/c8-12-13(9,10)11-6-7-4-2-1-3-5-7/h1-5,8H,6H2. The minimum atomic E-state index is -4.26. The highest BCUT2D eigenvalue weighted by Gasteiger charge is 2.10. The van der Waals surface area contributed by atoms with Gasteiger partial charge >= 0.3 is 10.4 Å². The molecule has 0 radical (unpaired) electrons. The fourth-order valence-corrected chi connectivity index (χ4v) is 1.06. The van der Waals surface area contributed by atoms with Crippen LogP contribution in [0.25, 0.3) is 0 Å². The molecule has 0 atom stereocenters. The van der Waals surface area contributed by atoms with Gasteiger partial charge in [0.25, 0.3) is 0 Å². The Morgan fingerprint density at radius 3 is 2.38 bits per heavy atom. The van der Waals surface area contributed by atoms with Gasteiger partial charge in [-0.15, -0.1) is 0 Å². The molecule has 0 amide bonds. The van der Waals surface area contributed by atoms with Gasteiger partial charge in [0.15, 0.2) is 0 Å². The first-order chi connectivity index (χ1) is 6.14. The van der Waals surface area contributed by atoms with Crippen molar-refractivity contribution >= 4 is 10.4 Å². The average molecular weight is 204 g/mol. The second kappa shape index (κ2) is 4.33. The van der Waals surface area contributed by atoms with E-state index in [0.29, 0.717) is 5.56 Å². The molecule has 6 heteroatoms. The summed E-state index contributed by atoms with van der Waals surface area (Å²) in [6, 6.07) is 8.65. The molecule has 0 aliphatic heterocycles. The average Bonchev–Trinajstić information content (AvgIpc) is 2.17.